The van der Waals surface area contributed by atoms with Crippen LogP contribution < -0.4 is 0 Å². The third-order valence-electron chi connectivity index (χ3n) is 3.86. The fourth-order valence-electron chi connectivity index (χ4n) is 2.50. The first-order chi connectivity index (χ1) is 11.7. The number of morpholine rings is 1. The van der Waals surface area contributed by atoms with Gasteiger partial charge in [0.2, 0.25) is 0 Å². The number of hydrogen-bond acceptors (Lipinski definition) is 7. The highest BCUT2D eigenvalue weighted by molar-refractivity contribution is 5.68. The number of carbonyl (C=O) groups is 1. The Balaban J connectivity index is 1.93. The SMILES string of the molecule is CCC(=O)ON1CCOCC1(C#N)c1ccc(-n2ccnc2)nc1. The van der Waals surface area contributed by atoms with Crippen molar-refractivity contribution in [3.05, 3.63) is 42.6 Å². The molecule has 1 unspecified atom stereocenters. The molecule has 0 aliphatic carbocycles. The second kappa shape index (κ2) is 6.78. The first-order valence-electron chi connectivity index (χ1n) is 7.62. The van der Waals surface area contributed by atoms with Gasteiger partial charge in [-0.05, 0) is 6.07 Å². The second-order valence-electron chi connectivity index (χ2n) is 5.32. The van der Waals surface area contributed by atoms with Crippen LogP contribution in [0.25, 0.3) is 5.82 Å². The smallest absolute Gasteiger partial charge is 0.324 e. The maximum Gasteiger partial charge on any atom is 0.324 e. The number of nitrogens with zero attached hydrogens (tertiary/aromatic N) is 5. The van der Waals surface area contributed by atoms with Crippen molar-refractivity contribution in [2.45, 2.75) is 18.9 Å². The zero-order valence-corrected chi connectivity index (χ0v) is 13.3. The van der Waals surface area contributed by atoms with E-state index in [0.717, 1.165) is 0 Å². The summed E-state index contributed by atoms with van der Waals surface area (Å²) in [5, 5.41) is 11.2. The van der Waals surface area contributed by atoms with Crippen molar-refractivity contribution in [1.29, 1.82) is 5.26 Å². The van der Waals surface area contributed by atoms with E-state index in [-0.39, 0.29) is 19.0 Å². The highest BCUT2D eigenvalue weighted by atomic mass is 16.7. The third-order valence-corrected chi connectivity index (χ3v) is 3.86. The Morgan fingerprint density at radius 3 is 3.04 bits per heavy atom. The third kappa shape index (κ3) is 2.87. The molecule has 0 saturated carbocycles. The molecule has 0 amide bonds. The molecular formula is C16H17N5O3. The van der Waals surface area contributed by atoms with Crippen LogP contribution in [-0.4, -0.2) is 45.3 Å². The topological polar surface area (TPSA) is 93.3 Å². The summed E-state index contributed by atoms with van der Waals surface area (Å²) in [6.07, 6.45) is 6.91. The molecule has 8 heteroatoms. The molecule has 1 aliphatic heterocycles. The van der Waals surface area contributed by atoms with Gasteiger partial charge in [-0.3, -0.25) is 9.36 Å². The fraction of sp³-hybridized carbons (Fsp3) is 0.375. The van der Waals surface area contributed by atoms with Crippen molar-refractivity contribution in [3.63, 3.8) is 0 Å². The largest absolute Gasteiger partial charge is 0.376 e. The van der Waals surface area contributed by atoms with Gasteiger partial charge in [-0.1, -0.05) is 13.0 Å². The molecule has 8 nitrogen and oxygen atoms in total. The molecule has 0 bridgehead atoms. The van der Waals surface area contributed by atoms with Crippen molar-refractivity contribution >= 4 is 5.97 Å². The molecule has 24 heavy (non-hydrogen) atoms. The summed E-state index contributed by atoms with van der Waals surface area (Å²) >= 11 is 0. The van der Waals surface area contributed by atoms with Gasteiger partial charge in [0.15, 0.2) is 5.54 Å². The van der Waals surface area contributed by atoms with Crippen LogP contribution in [0.1, 0.15) is 18.9 Å². The Hall–Kier alpha value is -2.76. The quantitative estimate of drug-likeness (QED) is 0.832. The number of ether oxygens (including phenoxy) is 1. The first kappa shape index (κ1) is 16.1. The van der Waals surface area contributed by atoms with Crippen LogP contribution in [0.3, 0.4) is 0 Å². The summed E-state index contributed by atoms with van der Waals surface area (Å²) in [7, 11) is 0. The molecule has 0 N–H and O–H groups in total. The van der Waals surface area contributed by atoms with Crippen LogP contribution in [0.5, 0.6) is 0 Å². The molecule has 0 spiro atoms. The lowest BCUT2D eigenvalue weighted by Crippen LogP contribution is -2.54. The average molecular weight is 327 g/mol. The van der Waals surface area contributed by atoms with E-state index in [1.54, 1.807) is 48.5 Å². The van der Waals surface area contributed by atoms with Gasteiger partial charge in [-0.2, -0.15) is 5.26 Å². The zero-order chi connectivity index (χ0) is 17.0. The van der Waals surface area contributed by atoms with Crippen LogP contribution in [0.15, 0.2) is 37.1 Å². The van der Waals surface area contributed by atoms with E-state index in [1.165, 1.54) is 5.06 Å². The van der Waals surface area contributed by atoms with Gasteiger partial charge < -0.3 is 9.57 Å². The number of pyridine rings is 1. The van der Waals surface area contributed by atoms with E-state index >= 15 is 0 Å². The number of hydroxylamine groups is 2. The number of carbonyl (C=O) groups excluding carboxylic acids is 1. The lowest BCUT2D eigenvalue weighted by molar-refractivity contribution is -0.242. The van der Waals surface area contributed by atoms with Crippen LogP contribution in [0.4, 0.5) is 0 Å². The van der Waals surface area contributed by atoms with Gasteiger partial charge in [0, 0.05) is 30.6 Å². The van der Waals surface area contributed by atoms with Gasteiger partial charge in [0.05, 0.1) is 25.8 Å². The Morgan fingerprint density at radius 2 is 2.42 bits per heavy atom. The predicted molar refractivity (Wildman–Crippen MR) is 82.6 cm³/mol. The molecule has 1 fully saturated rings. The summed E-state index contributed by atoms with van der Waals surface area (Å²) in [5.74, 6) is 0.290. The first-order valence-corrected chi connectivity index (χ1v) is 7.62. The molecule has 0 aromatic carbocycles. The van der Waals surface area contributed by atoms with Crippen molar-refractivity contribution in [3.8, 4) is 11.9 Å². The van der Waals surface area contributed by atoms with E-state index in [4.69, 9.17) is 9.57 Å². The number of aromatic nitrogens is 3. The summed E-state index contributed by atoms with van der Waals surface area (Å²) in [6, 6.07) is 5.80. The molecule has 1 atom stereocenters. The van der Waals surface area contributed by atoms with E-state index < -0.39 is 5.54 Å². The molecule has 0 radical (unpaired) electrons. The van der Waals surface area contributed by atoms with Crippen molar-refractivity contribution < 1.29 is 14.4 Å². The van der Waals surface area contributed by atoms with Crippen LogP contribution in [0.2, 0.25) is 0 Å². The Morgan fingerprint density at radius 1 is 1.54 bits per heavy atom. The normalized spacial score (nSPS) is 21.2. The minimum Gasteiger partial charge on any atom is -0.376 e. The molecule has 124 valence electrons. The van der Waals surface area contributed by atoms with E-state index in [9.17, 15) is 10.1 Å². The van der Waals surface area contributed by atoms with Crippen LogP contribution >= 0.6 is 0 Å². The van der Waals surface area contributed by atoms with Gasteiger partial charge in [-0.15, -0.1) is 5.06 Å². The monoisotopic (exact) mass is 327 g/mol. The summed E-state index contributed by atoms with van der Waals surface area (Å²) in [4.78, 5) is 25.4. The zero-order valence-electron chi connectivity index (χ0n) is 13.3. The Labute approximate surface area is 139 Å². The van der Waals surface area contributed by atoms with Gasteiger partial charge in [0.25, 0.3) is 0 Å². The highest BCUT2D eigenvalue weighted by Crippen LogP contribution is 2.31. The standard InChI is InChI=1S/C16H17N5O3/c1-2-15(22)24-21-7-8-23-11-16(21,10-17)13-3-4-14(19-9-13)20-6-5-18-12-20/h3-6,9,12H,2,7-8,11H2,1H3. The lowest BCUT2D eigenvalue weighted by Gasteiger charge is -2.39. The number of nitriles is 1. The predicted octanol–water partition coefficient (Wildman–Crippen LogP) is 1.19. The van der Waals surface area contributed by atoms with Crippen molar-refractivity contribution in [1.82, 2.24) is 19.6 Å². The summed E-state index contributed by atoms with van der Waals surface area (Å²) < 4.78 is 7.24. The average Bonchev–Trinajstić information content (AvgIpc) is 3.17. The van der Waals surface area contributed by atoms with Gasteiger partial charge in [-0.25, -0.2) is 9.97 Å². The number of imidazole rings is 1. The van der Waals surface area contributed by atoms with Gasteiger partial charge >= 0.3 is 5.97 Å². The summed E-state index contributed by atoms with van der Waals surface area (Å²) in [5.41, 5.74) is -0.596. The molecule has 2 aromatic rings. The minimum absolute atomic E-state index is 0.104. The molecule has 2 aromatic heterocycles. The molecule has 1 aliphatic rings. The van der Waals surface area contributed by atoms with E-state index in [1.807, 2.05) is 0 Å². The van der Waals surface area contributed by atoms with Crippen molar-refractivity contribution in [2.24, 2.45) is 0 Å². The summed E-state index contributed by atoms with van der Waals surface area (Å²) in [6.45, 7) is 2.52. The molecule has 1 saturated heterocycles. The van der Waals surface area contributed by atoms with E-state index in [0.29, 0.717) is 24.5 Å². The van der Waals surface area contributed by atoms with Crippen LogP contribution in [-0.2, 0) is 19.9 Å². The number of hydrogen-bond donors (Lipinski definition) is 0. The Bertz CT molecular complexity index is 738. The second-order valence-corrected chi connectivity index (χ2v) is 5.32. The number of rotatable bonds is 4. The fourth-order valence-corrected chi connectivity index (χ4v) is 2.50. The Kier molecular flexibility index (Phi) is 4.55. The highest BCUT2D eigenvalue weighted by Gasteiger charge is 2.45. The van der Waals surface area contributed by atoms with Crippen molar-refractivity contribution in [2.75, 3.05) is 19.8 Å². The molecule has 3 rings (SSSR count). The maximum atomic E-state index is 11.7. The van der Waals surface area contributed by atoms with Crippen LogP contribution in [0, 0.1) is 11.3 Å². The molecule has 3 heterocycles. The van der Waals surface area contributed by atoms with E-state index in [2.05, 4.69) is 16.0 Å². The molecular weight excluding hydrogens is 310 g/mol. The lowest BCUT2D eigenvalue weighted by atomic mass is 9.92. The maximum absolute atomic E-state index is 11.7. The minimum atomic E-state index is -1.20. The van der Waals surface area contributed by atoms with Gasteiger partial charge in [0.1, 0.15) is 12.1 Å².